The fourth-order valence-electron chi connectivity index (χ4n) is 2.16. The highest BCUT2D eigenvalue weighted by Crippen LogP contribution is 2.15. The van der Waals surface area contributed by atoms with Crippen molar-refractivity contribution in [1.29, 1.82) is 0 Å². The predicted molar refractivity (Wildman–Crippen MR) is 85.8 cm³/mol. The molecule has 21 heavy (non-hydrogen) atoms. The van der Waals surface area contributed by atoms with Gasteiger partial charge in [-0.2, -0.15) is 0 Å². The summed E-state index contributed by atoms with van der Waals surface area (Å²) in [6.07, 6.45) is 0.997. The lowest BCUT2D eigenvalue weighted by Crippen LogP contribution is -2.34. The van der Waals surface area contributed by atoms with Crippen LogP contribution in [0.5, 0.6) is 5.75 Å². The zero-order chi connectivity index (χ0) is 15.1. The SMILES string of the molecule is CCc1ccc(OCC(=O)N(CC)c2ccccc2)cc1. The topological polar surface area (TPSA) is 29.5 Å². The number of aryl methyl sites for hydroxylation is 1. The molecule has 1 amide bonds. The van der Waals surface area contributed by atoms with Crippen LogP contribution in [0, 0.1) is 0 Å². The van der Waals surface area contributed by atoms with Crippen molar-refractivity contribution in [2.45, 2.75) is 20.3 Å². The maximum Gasteiger partial charge on any atom is 0.264 e. The number of carbonyl (C=O) groups excluding carboxylic acids is 1. The van der Waals surface area contributed by atoms with E-state index in [9.17, 15) is 4.79 Å². The molecule has 0 aromatic heterocycles. The van der Waals surface area contributed by atoms with Crippen LogP contribution in [-0.4, -0.2) is 19.1 Å². The predicted octanol–water partition coefficient (Wildman–Crippen LogP) is 3.68. The normalized spacial score (nSPS) is 10.2. The van der Waals surface area contributed by atoms with Crippen molar-refractivity contribution >= 4 is 11.6 Å². The Hall–Kier alpha value is -2.29. The Morgan fingerprint density at radius 2 is 1.67 bits per heavy atom. The summed E-state index contributed by atoms with van der Waals surface area (Å²) in [6.45, 7) is 4.74. The van der Waals surface area contributed by atoms with Gasteiger partial charge in [-0.05, 0) is 43.2 Å². The van der Waals surface area contributed by atoms with Crippen molar-refractivity contribution in [3.05, 3.63) is 60.2 Å². The second-order valence-electron chi connectivity index (χ2n) is 4.76. The molecule has 0 aliphatic heterocycles. The van der Waals surface area contributed by atoms with Crippen LogP contribution in [0.25, 0.3) is 0 Å². The van der Waals surface area contributed by atoms with Gasteiger partial charge in [-0.3, -0.25) is 4.79 Å². The number of rotatable bonds is 6. The third-order valence-corrected chi connectivity index (χ3v) is 3.38. The second kappa shape index (κ2) is 7.48. The van der Waals surface area contributed by atoms with Crippen LogP contribution < -0.4 is 9.64 Å². The fourth-order valence-corrected chi connectivity index (χ4v) is 2.16. The van der Waals surface area contributed by atoms with Gasteiger partial charge in [0, 0.05) is 12.2 Å². The van der Waals surface area contributed by atoms with E-state index in [0.717, 1.165) is 17.9 Å². The molecule has 2 aromatic carbocycles. The molecule has 3 nitrogen and oxygen atoms in total. The Labute approximate surface area is 126 Å². The first-order valence-electron chi connectivity index (χ1n) is 7.31. The fraction of sp³-hybridized carbons (Fsp3) is 0.278. The van der Waals surface area contributed by atoms with Gasteiger partial charge in [0.15, 0.2) is 6.61 Å². The minimum atomic E-state index is -0.0386. The number of para-hydroxylation sites is 1. The van der Waals surface area contributed by atoms with E-state index in [1.165, 1.54) is 5.56 Å². The number of hydrogen-bond donors (Lipinski definition) is 0. The Morgan fingerprint density at radius 3 is 2.24 bits per heavy atom. The van der Waals surface area contributed by atoms with Gasteiger partial charge >= 0.3 is 0 Å². The van der Waals surface area contributed by atoms with Gasteiger partial charge in [0.05, 0.1) is 0 Å². The van der Waals surface area contributed by atoms with Crippen molar-refractivity contribution in [2.75, 3.05) is 18.1 Å². The molecule has 0 aliphatic rings. The summed E-state index contributed by atoms with van der Waals surface area (Å²) in [5.41, 5.74) is 2.16. The summed E-state index contributed by atoms with van der Waals surface area (Å²) in [4.78, 5) is 14.0. The van der Waals surface area contributed by atoms with Crippen LogP contribution >= 0.6 is 0 Å². The van der Waals surface area contributed by atoms with Gasteiger partial charge in [-0.15, -0.1) is 0 Å². The molecule has 0 radical (unpaired) electrons. The molecule has 0 atom stereocenters. The first kappa shape index (κ1) is 15.1. The van der Waals surface area contributed by atoms with Gasteiger partial charge in [0.2, 0.25) is 0 Å². The summed E-state index contributed by atoms with van der Waals surface area (Å²) in [5, 5.41) is 0. The molecule has 2 aromatic rings. The smallest absolute Gasteiger partial charge is 0.264 e. The van der Waals surface area contributed by atoms with Crippen molar-refractivity contribution < 1.29 is 9.53 Å². The van der Waals surface area contributed by atoms with Crippen LogP contribution in [-0.2, 0) is 11.2 Å². The summed E-state index contributed by atoms with van der Waals surface area (Å²) >= 11 is 0. The Kier molecular flexibility index (Phi) is 5.38. The van der Waals surface area contributed by atoms with Crippen LogP contribution in [0.1, 0.15) is 19.4 Å². The third-order valence-electron chi connectivity index (χ3n) is 3.38. The minimum absolute atomic E-state index is 0.0386. The quantitative estimate of drug-likeness (QED) is 0.809. The summed E-state index contributed by atoms with van der Waals surface area (Å²) in [7, 11) is 0. The first-order chi connectivity index (χ1) is 10.2. The van der Waals surface area contributed by atoms with E-state index in [1.807, 2.05) is 61.5 Å². The lowest BCUT2D eigenvalue weighted by atomic mass is 10.2. The van der Waals surface area contributed by atoms with Crippen molar-refractivity contribution in [2.24, 2.45) is 0 Å². The Morgan fingerprint density at radius 1 is 1.00 bits per heavy atom. The highest BCUT2D eigenvalue weighted by molar-refractivity contribution is 5.94. The number of ether oxygens (including phenoxy) is 1. The van der Waals surface area contributed by atoms with Gasteiger partial charge in [-0.1, -0.05) is 37.3 Å². The monoisotopic (exact) mass is 283 g/mol. The lowest BCUT2D eigenvalue weighted by molar-refractivity contribution is -0.120. The largest absolute Gasteiger partial charge is 0.484 e. The van der Waals surface area contributed by atoms with Gasteiger partial charge in [0.1, 0.15) is 5.75 Å². The zero-order valence-corrected chi connectivity index (χ0v) is 12.6. The number of benzene rings is 2. The molecule has 3 heteroatoms. The van der Waals surface area contributed by atoms with Crippen LogP contribution in [0.3, 0.4) is 0 Å². The van der Waals surface area contributed by atoms with Crippen molar-refractivity contribution in [1.82, 2.24) is 0 Å². The number of likely N-dealkylation sites (N-methyl/N-ethyl adjacent to an activating group) is 1. The maximum absolute atomic E-state index is 12.3. The van der Waals surface area contributed by atoms with E-state index < -0.39 is 0 Å². The van der Waals surface area contributed by atoms with Crippen molar-refractivity contribution in [3.8, 4) is 5.75 Å². The third kappa shape index (κ3) is 4.09. The first-order valence-corrected chi connectivity index (χ1v) is 7.31. The molecule has 0 heterocycles. The molecule has 110 valence electrons. The van der Waals surface area contributed by atoms with Gasteiger partial charge in [0.25, 0.3) is 5.91 Å². The van der Waals surface area contributed by atoms with Crippen LogP contribution in [0.4, 0.5) is 5.69 Å². The summed E-state index contributed by atoms with van der Waals surface area (Å²) in [6, 6.07) is 17.5. The highest BCUT2D eigenvalue weighted by Gasteiger charge is 2.14. The van der Waals surface area contributed by atoms with Gasteiger partial charge < -0.3 is 9.64 Å². The lowest BCUT2D eigenvalue weighted by Gasteiger charge is -2.21. The van der Waals surface area contributed by atoms with Crippen LogP contribution in [0.15, 0.2) is 54.6 Å². The van der Waals surface area contributed by atoms with E-state index in [2.05, 4.69) is 6.92 Å². The number of carbonyl (C=O) groups is 1. The van der Waals surface area contributed by atoms with E-state index >= 15 is 0 Å². The van der Waals surface area contributed by atoms with E-state index in [1.54, 1.807) is 4.90 Å². The maximum atomic E-state index is 12.3. The average molecular weight is 283 g/mol. The summed E-state index contributed by atoms with van der Waals surface area (Å²) < 4.78 is 5.58. The van der Waals surface area contributed by atoms with E-state index in [-0.39, 0.29) is 12.5 Å². The Bertz CT molecular complexity index is 564. The molecule has 0 saturated carbocycles. The molecule has 0 N–H and O–H groups in total. The molecule has 0 bridgehead atoms. The molecule has 2 rings (SSSR count). The van der Waals surface area contributed by atoms with E-state index in [0.29, 0.717) is 6.54 Å². The number of anilines is 1. The molecule has 0 saturated heterocycles. The molecular formula is C18H21NO2. The standard InChI is InChI=1S/C18H21NO2/c1-3-15-10-12-17(13-11-15)21-14-18(20)19(4-2)16-8-6-5-7-9-16/h5-13H,3-4,14H2,1-2H3. The molecule has 0 aliphatic carbocycles. The van der Waals surface area contributed by atoms with Crippen LogP contribution in [0.2, 0.25) is 0 Å². The van der Waals surface area contributed by atoms with Gasteiger partial charge in [-0.25, -0.2) is 0 Å². The number of hydrogen-bond acceptors (Lipinski definition) is 2. The zero-order valence-electron chi connectivity index (χ0n) is 12.6. The molecular weight excluding hydrogens is 262 g/mol. The highest BCUT2D eigenvalue weighted by atomic mass is 16.5. The number of nitrogens with zero attached hydrogens (tertiary/aromatic N) is 1. The second-order valence-corrected chi connectivity index (χ2v) is 4.76. The molecule has 0 spiro atoms. The molecule has 0 fully saturated rings. The Balaban J connectivity index is 1.96. The van der Waals surface area contributed by atoms with E-state index in [4.69, 9.17) is 4.74 Å². The summed E-state index contributed by atoms with van der Waals surface area (Å²) in [5.74, 6) is 0.688. The van der Waals surface area contributed by atoms with Crippen molar-refractivity contribution in [3.63, 3.8) is 0 Å². The average Bonchev–Trinajstić information content (AvgIpc) is 2.55. The number of amides is 1. The minimum Gasteiger partial charge on any atom is -0.484 e. The molecule has 0 unspecified atom stereocenters.